The molecular formula is C122H168. The molecule has 20 rings (SSSR count). The van der Waals surface area contributed by atoms with Crippen molar-refractivity contribution < 1.29 is 49.3 Å². The first kappa shape index (κ1) is 56.0. The van der Waals surface area contributed by atoms with Gasteiger partial charge in [-0.1, -0.05) is 383 Å². The van der Waals surface area contributed by atoms with E-state index in [1.807, 2.05) is 50.2 Å². The van der Waals surface area contributed by atoms with E-state index in [0.717, 1.165) is 220 Å². The Kier molecular flexibility index (Phi) is 21.0. The van der Waals surface area contributed by atoms with E-state index in [2.05, 4.69) is 160 Å². The van der Waals surface area contributed by atoms with Crippen molar-refractivity contribution in [3.05, 3.63) is 275 Å². The summed E-state index contributed by atoms with van der Waals surface area (Å²) >= 11 is 0. The number of hydrogen-bond acceptors (Lipinski definition) is 0. The lowest BCUT2D eigenvalue weighted by Crippen LogP contribution is -2.40. The predicted molar refractivity (Wildman–Crippen MR) is 530 cm³/mol. The van der Waals surface area contributed by atoms with Crippen LogP contribution in [-0.2, 0) is 5.41 Å². The molecule has 11 aliphatic rings. The average Bonchev–Trinajstić information content (AvgIpc) is 0.658. The third kappa shape index (κ3) is 26.3. The van der Waals surface area contributed by atoms with Gasteiger partial charge in [-0.05, 0) is 368 Å². The van der Waals surface area contributed by atoms with Crippen LogP contribution in [0.4, 0.5) is 0 Å². The van der Waals surface area contributed by atoms with Gasteiger partial charge in [0.1, 0.15) is 0 Å². The zero-order valence-electron chi connectivity index (χ0n) is 111. The second-order valence-corrected chi connectivity index (χ2v) is 38.1. The first-order chi connectivity index (χ1) is 72.7. The second-order valence-electron chi connectivity index (χ2n) is 38.1. The Hall–Kier alpha value is -6.50. The standard InChI is InChI=1S/C21H30.C19H28.C18H26.2C17H20.C17H26.C13H18/c1-15-7-11-20-18(13-15)8-9-19-14-17(10-12-21(19)20)16-5-3-2-4-6-16;1-15-7-9-17(10-8-15)19-13-11-18(12-14-19)16-5-3-2-4-6-16;1-15-7-11-18(12-8-15)13-9-17(10-14-18)16-5-3-2-4-6-16;1-13-9-11-15(12-10-13)17-8-4-6-14-5-2-3-7-16(14)17;1-13-6-8-15(9-7-13)17-11-10-14-4-2-3-5-16(14)12-17;1-13-5-7-14(8-6-13)15-9-11-16(12-10-15)17(2,3)4;1-11-7-9-13(10-8-11)12-5-3-2-4-6-12/h2-6,15,17-21H,7-14H2,1H3;2-6,15,17-19H,7-14H2,1H3;2-6,15,17H,7-14H2,1H3;2-8,13,15H,9-12H2,1H3;2-5,10-13,15H,6-9H2,1H3;9-14H,5-8H2,1-4H3;2-6,11,13H,7-10H2,1H3/i15D,17D;15D,18D;15D,17D;2*13D,15D;2D3,3D3,5D2,6D2,7D2,8D2,13D,14D;7D2,8D2,9D2,10D2,11D,13D. The number of fused-ring (bicyclic) bond motifs is 5. The number of rotatable bonds is 8. The van der Waals surface area contributed by atoms with E-state index in [9.17, 15) is 0 Å². The fraction of sp³-hybridized carbons (Fsp3) is 0.590. The van der Waals surface area contributed by atoms with Gasteiger partial charge in [-0.3, -0.25) is 0 Å². The molecule has 0 N–H and O–H groups in total. The monoisotopic (exact) mass is 1670 g/mol. The zero-order chi connectivity index (χ0) is 117. The van der Waals surface area contributed by atoms with Crippen LogP contribution in [-0.4, -0.2) is 0 Å². The van der Waals surface area contributed by atoms with Crippen molar-refractivity contribution in [3.8, 4) is 0 Å². The van der Waals surface area contributed by atoms with Crippen molar-refractivity contribution in [2.45, 2.75) is 372 Å². The topological polar surface area (TPSA) is 0 Å². The molecule has 0 saturated heterocycles. The number of hydrogen-bond donors (Lipinski definition) is 0. The summed E-state index contributed by atoms with van der Waals surface area (Å²) in [7, 11) is 0. The van der Waals surface area contributed by atoms with E-state index in [-0.39, 0.29) is 58.3 Å². The maximum Gasteiger partial charge on any atom is 0.0352 e. The summed E-state index contributed by atoms with van der Waals surface area (Å²) in [6.45, 7) is 6.90. The third-order valence-electron chi connectivity index (χ3n) is 29.3. The smallest absolute Gasteiger partial charge is 0.0352 e. The highest BCUT2D eigenvalue weighted by Crippen LogP contribution is 2.56. The van der Waals surface area contributed by atoms with Crippen molar-refractivity contribution >= 4 is 21.5 Å². The van der Waals surface area contributed by atoms with Crippen LogP contribution in [0.25, 0.3) is 21.5 Å². The summed E-state index contributed by atoms with van der Waals surface area (Å²) in [6.07, 6.45) is 7.74. The summed E-state index contributed by atoms with van der Waals surface area (Å²) < 4.78 is 297. The van der Waals surface area contributed by atoms with Gasteiger partial charge in [-0.2, -0.15) is 0 Å². The molecule has 0 heteroatoms. The lowest BCUT2D eigenvalue weighted by atomic mass is 9.55. The molecule has 11 fully saturated rings. The van der Waals surface area contributed by atoms with Gasteiger partial charge in [0, 0.05) is 49.3 Å². The van der Waals surface area contributed by atoms with Crippen LogP contribution < -0.4 is 0 Å². The molecule has 656 valence electrons. The van der Waals surface area contributed by atoms with Crippen LogP contribution in [0.3, 0.4) is 0 Å². The molecule has 11 aliphatic carbocycles. The maximum atomic E-state index is 9.05. The van der Waals surface area contributed by atoms with Crippen molar-refractivity contribution in [2.24, 2.45) is 82.2 Å². The average molecular weight is 1670 g/mol. The fourth-order valence-electron chi connectivity index (χ4n) is 21.5. The molecule has 1 spiro atoms. The van der Waals surface area contributed by atoms with Crippen LogP contribution in [0.15, 0.2) is 231 Å². The van der Waals surface area contributed by atoms with Crippen LogP contribution >= 0.6 is 0 Å². The minimum Gasteiger partial charge on any atom is -0.0625 e. The van der Waals surface area contributed by atoms with E-state index >= 15 is 0 Å². The molecule has 9 aromatic carbocycles. The van der Waals surface area contributed by atoms with Gasteiger partial charge in [0.05, 0.1) is 0 Å². The maximum absolute atomic E-state index is 9.05. The zero-order valence-corrected chi connectivity index (χ0v) is 75.0. The van der Waals surface area contributed by atoms with E-state index in [1.54, 1.807) is 6.07 Å². The van der Waals surface area contributed by atoms with Crippen LogP contribution in [0.5, 0.6) is 0 Å². The fourth-order valence-corrected chi connectivity index (χ4v) is 21.5. The van der Waals surface area contributed by atoms with Gasteiger partial charge in [0.2, 0.25) is 0 Å². The van der Waals surface area contributed by atoms with Gasteiger partial charge >= 0.3 is 0 Å². The minimum atomic E-state index is -3.43. The predicted octanol–water partition coefficient (Wildman–Crippen LogP) is 36.9. The number of benzene rings is 9. The van der Waals surface area contributed by atoms with Crippen molar-refractivity contribution in [3.63, 3.8) is 0 Å². The van der Waals surface area contributed by atoms with E-state index in [4.69, 9.17) is 49.3 Å². The summed E-state index contributed by atoms with van der Waals surface area (Å²) in [5.41, 5.74) is 3.05. The molecule has 0 heterocycles. The highest BCUT2D eigenvalue weighted by atomic mass is 14.5. The molecule has 11 saturated carbocycles. The molecule has 0 aromatic heterocycles. The van der Waals surface area contributed by atoms with Gasteiger partial charge in [-0.15, -0.1) is 0 Å². The normalized spacial score (nSPS) is 48.3. The minimum absolute atomic E-state index is 0.168. The van der Waals surface area contributed by atoms with E-state index in [1.165, 1.54) is 140 Å². The first-order valence-electron chi connectivity index (χ1n) is 65.0. The Labute approximate surface area is 797 Å². The molecule has 0 amide bonds. The summed E-state index contributed by atoms with van der Waals surface area (Å²) in [5, 5.41) is 4.86. The van der Waals surface area contributed by atoms with Crippen molar-refractivity contribution in [2.75, 3.05) is 0 Å². The van der Waals surface area contributed by atoms with Crippen LogP contribution in [0.2, 0.25) is 0 Å². The molecule has 122 heavy (non-hydrogen) atoms. The van der Waals surface area contributed by atoms with Crippen molar-refractivity contribution in [1.82, 2.24) is 0 Å². The quantitative estimate of drug-likeness (QED) is 0.142. The van der Waals surface area contributed by atoms with Gasteiger partial charge in [-0.25, -0.2) is 0 Å². The molecule has 0 nitrogen and oxygen atoms in total. The van der Waals surface area contributed by atoms with Gasteiger partial charge in [0.15, 0.2) is 0 Å². The molecule has 0 aliphatic heterocycles. The lowest BCUT2D eigenvalue weighted by molar-refractivity contribution is 0.00923. The Balaban J connectivity index is 0.000000145. The lowest BCUT2D eigenvalue weighted by Gasteiger charge is -2.50. The summed E-state index contributed by atoms with van der Waals surface area (Å²) in [5.74, 6) is -10.2. The Bertz CT molecular complexity index is 6180. The highest BCUT2D eigenvalue weighted by Gasteiger charge is 2.45. The van der Waals surface area contributed by atoms with E-state index < -0.39 is 111 Å². The molecule has 0 radical (unpaired) electrons. The van der Waals surface area contributed by atoms with Crippen molar-refractivity contribution in [1.29, 1.82) is 0 Å². The Morgan fingerprint density at radius 2 is 0.615 bits per heavy atom. The SMILES string of the molecule is [2H]C([2H])([2H])C(C)(c1ccc(C2([2H])C([2H])([2H])C([2H])([2H])C([2H])(C)C([2H])([2H])C2([2H])[2H])cc1)C([2H])([2H])[2H].[2H]C1(C)CCC(C2CCC([2H])(c3ccccc3)CC2)CC1.[2H]C1(C)CCC([2H])(c2ccc3ccccc3c2)CC1.[2H]C1(C)CCC([2H])(c2cccc3ccccc23)CC1.[2H]C1(C)CCC2(CC1)CCC([2H])(c1ccccc1)CC2.[2H]C1(C)CCC2C(CCC3CC([2H])(c4ccccc4)CCC32)C1.[2H]C1([2H])C([2H])([2H])C([2H])(c2ccccc2)C([2H])([2H])C([2H])([2H])C1([2H])C. The molecule has 6 unspecified atom stereocenters. The van der Waals surface area contributed by atoms with Crippen LogP contribution in [0.1, 0.15) is 461 Å². The highest BCUT2D eigenvalue weighted by molar-refractivity contribution is 5.86. The first-order valence-corrected chi connectivity index (χ1v) is 47.0. The molecular weight excluding hydrogens is 1470 g/mol. The van der Waals surface area contributed by atoms with Crippen LogP contribution in [0, 0.1) is 82.2 Å². The Morgan fingerprint density at radius 3 is 1.14 bits per heavy atom. The third-order valence-corrected chi connectivity index (χ3v) is 29.3. The summed E-state index contributed by atoms with van der Waals surface area (Å²) in [4.78, 5) is 0. The Morgan fingerprint density at radius 1 is 0.262 bits per heavy atom. The van der Waals surface area contributed by atoms with E-state index in [0.29, 0.717) is 5.41 Å². The largest absolute Gasteiger partial charge is 0.0625 e. The molecule has 6 atom stereocenters. The summed E-state index contributed by atoms with van der Waals surface area (Å²) in [6, 6.07) is 71.5. The second kappa shape index (κ2) is 45.8. The molecule has 9 aromatic rings. The van der Waals surface area contributed by atoms with Gasteiger partial charge in [0.25, 0.3) is 0 Å². The van der Waals surface area contributed by atoms with Gasteiger partial charge < -0.3 is 0 Å². The molecule has 0 bridgehead atoms.